The van der Waals surface area contributed by atoms with Crippen LogP contribution in [0.5, 0.6) is 0 Å². The number of nitrogens with one attached hydrogen (secondary N) is 1. The molecule has 8 heteroatoms. The number of hydrogen-bond donors (Lipinski definition) is 1. The lowest BCUT2D eigenvalue weighted by Crippen LogP contribution is -2.19. The zero-order valence-corrected chi connectivity index (χ0v) is 9.05. The van der Waals surface area contributed by atoms with Crippen LogP contribution in [0.15, 0.2) is 29.1 Å². The van der Waals surface area contributed by atoms with Gasteiger partial charge in [-0.3, -0.25) is 0 Å². The number of H-pyrrole nitrogens is 1. The number of rotatable bonds is 1. The molecular weight excluding hydrogens is 271 g/mol. The molecule has 0 saturated heterocycles. The highest BCUT2D eigenvalue weighted by molar-refractivity contribution is 5.59. The Morgan fingerprint density at radius 1 is 1.00 bits per heavy atom. The lowest BCUT2D eigenvalue weighted by Gasteiger charge is -2.07. The number of aromatic amines is 1. The third-order valence-electron chi connectivity index (χ3n) is 2.21. The Hall–Kier alpha value is -2.25. The van der Waals surface area contributed by atoms with E-state index in [1.807, 2.05) is 0 Å². The summed E-state index contributed by atoms with van der Waals surface area (Å²) >= 11 is 0. The van der Waals surface area contributed by atoms with Crippen molar-refractivity contribution in [2.75, 3.05) is 0 Å². The Labute approximate surface area is 102 Å². The van der Waals surface area contributed by atoms with Crippen LogP contribution in [-0.4, -0.2) is 9.97 Å². The number of alkyl halides is 3. The summed E-state index contributed by atoms with van der Waals surface area (Å²) in [5.41, 5.74) is -3.31. The molecule has 0 aliphatic heterocycles. The smallest absolute Gasteiger partial charge is 0.302 e. The van der Waals surface area contributed by atoms with E-state index in [9.17, 15) is 26.7 Å². The van der Waals surface area contributed by atoms with Gasteiger partial charge in [0.15, 0.2) is 0 Å². The van der Waals surface area contributed by atoms with Gasteiger partial charge in [-0.2, -0.15) is 18.2 Å². The third kappa shape index (κ3) is 2.95. The summed E-state index contributed by atoms with van der Waals surface area (Å²) in [6.07, 6.45) is -4.79. The van der Waals surface area contributed by atoms with Crippen molar-refractivity contribution in [1.29, 1.82) is 0 Å². The van der Waals surface area contributed by atoms with Gasteiger partial charge in [0.1, 0.15) is 17.3 Å². The maximum Gasteiger partial charge on any atom is 0.431 e. The van der Waals surface area contributed by atoms with Gasteiger partial charge in [0.25, 0.3) is 0 Å². The molecule has 0 unspecified atom stereocenters. The third-order valence-corrected chi connectivity index (χ3v) is 2.21. The molecule has 1 aromatic heterocycles. The van der Waals surface area contributed by atoms with Gasteiger partial charge in [0.05, 0.1) is 5.69 Å². The summed E-state index contributed by atoms with van der Waals surface area (Å²) in [5, 5.41) is 0. The molecule has 3 nitrogen and oxygen atoms in total. The molecule has 1 aromatic carbocycles. The lowest BCUT2D eigenvalue weighted by atomic mass is 10.1. The minimum Gasteiger partial charge on any atom is -0.302 e. The van der Waals surface area contributed by atoms with Crippen LogP contribution in [0.3, 0.4) is 0 Å². The number of benzene rings is 1. The standard InChI is InChI=1S/C11H5F5N2O/c12-6-1-5(2-7(13)3-6)8-4-9(11(14,15)16)18-10(19)17-8/h1-4H,(H,17,18,19). The molecule has 19 heavy (non-hydrogen) atoms. The van der Waals surface area contributed by atoms with Crippen molar-refractivity contribution >= 4 is 0 Å². The molecule has 0 bridgehead atoms. The van der Waals surface area contributed by atoms with Crippen LogP contribution in [0.25, 0.3) is 11.3 Å². The maximum absolute atomic E-state index is 13.0. The van der Waals surface area contributed by atoms with E-state index in [1.165, 1.54) is 4.98 Å². The van der Waals surface area contributed by atoms with E-state index >= 15 is 0 Å². The second-order valence-electron chi connectivity index (χ2n) is 3.64. The van der Waals surface area contributed by atoms with E-state index in [1.54, 1.807) is 0 Å². The molecule has 0 radical (unpaired) electrons. The quantitative estimate of drug-likeness (QED) is 0.814. The van der Waals surface area contributed by atoms with Crippen molar-refractivity contribution in [3.05, 3.63) is 52.1 Å². The predicted molar refractivity (Wildman–Crippen MR) is 55.2 cm³/mol. The fraction of sp³-hybridized carbons (Fsp3) is 0.0909. The first-order valence-corrected chi connectivity index (χ1v) is 4.91. The summed E-state index contributed by atoms with van der Waals surface area (Å²) in [4.78, 5) is 15.8. The van der Waals surface area contributed by atoms with E-state index in [0.29, 0.717) is 12.1 Å². The average molecular weight is 276 g/mol. The van der Waals surface area contributed by atoms with Crippen molar-refractivity contribution in [3.8, 4) is 11.3 Å². The molecule has 0 atom stereocenters. The first-order chi connectivity index (χ1) is 8.75. The molecule has 1 heterocycles. The van der Waals surface area contributed by atoms with Gasteiger partial charge in [-0.15, -0.1) is 0 Å². The maximum atomic E-state index is 13.0. The highest BCUT2D eigenvalue weighted by Gasteiger charge is 2.32. The van der Waals surface area contributed by atoms with Gasteiger partial charge < -0.3 is 4.98 Å². The van der Waals surface area contributed by atoms with Crippen LogP contribution in [0, 0.1) is 11.6 Å². The van der Waals surface area contributed by atoms with Crippen LogP contribution in [0.4, 0.5) is 22.0 Å². The summed E-state index contributed by atoms with van der Waals surface area (Å²) in [6.45, 7) is 0. The zero-order valence-electron chi connectivity index (χ0n) is 9.05. The lowest BCUT2D eigenvalue weighted by molar-refractivity contribution is -0.141. The Bertz CT molecular complexity index is 657. The summed E-state index contributed by atoms with van der Waals surface area (Å²) in [7, 11) is 0. The second kappa shape index (κ2) is 4.45. The molecule has 2 aromatic rings. The number of hydrogen-bond acceptors (Lipinski definition) is 2. The molecule has 0 amide bonds. The predicted octanol–water partition coefficient (Wildman–Crippen LogP) is 2.73. The number of nitrogens with zero attached hydrogens (tertiary/aromatic N) is 1. The van der Waals surface area contributed by atoms with E-state index in [0.717, 1.165) is 12.1 Å². The minimum absolute atomic E-state index is 0.255. The van der Waals surface area contributed by atoms with Crippen molar-refractivity contribution in [1.82, 2.24) is 9.97 Å². The van der Waals surface area contributed by atoms with Crippen molar-refractivity contribution < 1.29 is 22.0 Å². The Kier molecular flexibility index (Phi) is 3.09. The van der Waals surface area contributed by atoms with Gasteiger partial charge in [0.2, 0.25) is 0 Å². The largest absolute Gasteiger partial charge is 0.431 e. The minimum atomic E-state index is -4.79. The van der Waals surface area contributed by atoms with E-state index < -0.39 is 34.9 Å². The van der Waals surface area contributed by atoms with Gasteiger partial charge in [0, 0.05) is 11.6 Å². The summed E-state index contributed by atoms with van der Waals surface area (Å²) < 4.78 is 63.4. The molecule has 100 valence electrons. The van der Waals surface area contributed by atoms with Crippen LogP contribution < -0.4 is 5.69 Å². The molecule has 0 fully saturated rings. The van der Waals surface area contributed by atoms with E-state index in [-0.39, 0.29) is 5.56 Å². The number of halogens is 5. The van der Waals surface area contributed by atoms with Crippen molar-refractivity contribution in [3.63, 3.8) is 0 Å². The Morgan fingerprint density at radius 3 is 2.11 bits per heavy atom. The van der Waals surface area contributed by atoms with Crippen LogP contribution in [-0.2, 0) is 6.18 Å². The van der Waals surface area contributed by atoms with Gasteiger partial charge in [-0.05, 0) is 18.2 Å². The normalized spacial score (nSPS) is 11.6. The van der Waals surface area contributed by atoms with E-state index in [2.05, 4.69) is 4.98 Å². The SMILES string of the molecule is O=c1nc(-c2cc(F)cc(F)c2)cc(C(F)(F)F)[nH]1. The average Bonchev–Trinajstić information content (AvgIpc) is 2.25. The first-order valence-electron chi connectivity index (χ1n) is 4.91. The highest BCUT2D eigenvalue weighted by Crippen LogP contribution is 2.29. The topological polar surface area (TPSA) is 45.8 Å². The number of aromatic nitrogens is 2. The fourth-order valence-corrected chi connectivity index (χ4v) is 1.46. The van der Waals surface area contributed by atoms with Crippen molar-refractivity contribution in [2.24, 2.45) is 0 Å². The zero-order chi connectivity index (χ0) is 14.2. The molecule has 1 N–H and O–H groups in total. The Morgan fingerprint density at radius 2 is 1.58 bits per heavy atom. The Balaban J connectivity index is 2.63. The molecule has 0 aliphatic rings. The molecular formula is C11H5F5N2O. The summed E-state index contributed by atoms with van der Waals surface area (Å²) in [6, 6.07) is 2.63. The van der Waals surface area contributed by atoms with Gasteiger partial charge in [-0.1, -0.05) is 0 Å². The summed E-state index contributed by atoms with van der Waals surface area (Å²) in [5.74, 6) is -1.96. The van der Waals surface area contributed by atoms with E-state index in [4.69, 9.17) is 0 Å². The fourth-order valence-electron chi connectivity index (χ4n) is 1.46. The van der Waals surface area contributed by atoms with Crippen LogP contribution in [0.2, 0.25) is 0 Å². The van der Waals surface area contributed by atoms with Crippen molar-refractivity contribution in [2.45, 2.75) is 6.18 Å². The monoisotopic (exact) mass is 276 g/mol. The van der Waals surface area contributed by atoms with Gasteiger partial charge in [-0.25, -0.2) is 13.6 Å². The van der Waals surface area contributed by atoms with Crippen LogP contribution >= 0.6 is 0 Å². The molecule has 2 rings (SSSR count). The second-order valence-corrected chi connectivity index (χ2v) is 3.64. The first kappa shape index (κ1) is 13.2. The molecule has 0 aliphatic carbocycles. The highest BCUT2D eigenvalue weighted by atomic mass is 19.4. The molecule has 0 spiro atoms. The molecule has 0 saturated carbocycles. The van der Waals surface area contributed by atoms with Gasteiger partial charge >= 0.3 is 11.9 Å². The van der Waals surface area contributed by atoms with Crippen LogP contribution in [0.1, 0.15) is 5.69 Å².